The monoisotopic (exact) mass is 376 g/mol. The lowest BCUT2D eigenvalue weighted by molar-refractivity contribution is -0.124. The number of benzene rings is 2. The van der Waals surface area contributed by atoms with E-state index in [9.17, 15) is 9.59 Å². The topological polar surface area (TPSA) is 77.5 Å². The van der Waals surface area contributed by atoms with Crippen LogP contribution in [0.3, 0.4) is 0 Å². The van der Waals surface area contributed by atoms with Crippen LogP contribution in [0, 0.1) is 0 Å². The number of para-hydroxylation sites is 1. The van der Waals surface area contributed by atoms with Gasteiger partial charge in [-0.15, -0.1) is 0 Å². The van der Waals surface area contributed by atoms with Crippen LogP contribution in [-0.4, -0.2) is 23.0 Å². The number of pyridine rings is 1. The van der Waals surface area contributed by atoms with Crippen molar-refractivity contribution in [3.63, 3.8) is 0 Å². The van der Waals surface area contributed by atoms with Crippen molar-refractivity contribution in [1.82, 2.24) is 4.98 Å². The highest BCUT2D eigenvalue weighted by atomic mass is 16.5. The maximum absolute atomic E-state index is 12.5. The van der Waals surface area contributed by atoms with Crippen LogP contribution < -0.4 is 10.1 Å². The van der Waals surface area contributed by atoms with Crippen molar-refractivity contribution in [2.24, 2.45) is 0 Å². The van der Waals surface area contributed by atoms with E-state index in [1.54, 1.807) is 43.3 Å². The molecule has 1 unspecified atom stereocenters. The smallest absolute Gasteiger partial charge is 0.339 e. The summed E-state index contributed by atoms with van der Waals surface area (Å²) >= 11 is 0. The van der Waals surface area contributed by atoms with Crippen molar-refractivity contribution in [3.05, 3.63) is 84.7 Å². The number of aromatic nitrogens is 1. The quantitative estimate of drug-likeness (QED) is 0.617. The van der Waals surface area contributed by atoms with E-state index in [1.165, 1.54) is 12.4 Å². The zero-order valence-corrected chi connectivity index (χ0v) is 15.4. The number of anilines is 1. The molecule has 0 saturated heterocycles. The molecule has 1 aromatic heterocycles. The van der Waals surface area contributed by atoms with E-state index in [2.05, 4.69) is 10.3 Å². The lowest BCUT2D eigenvalue weighted by Gasteiger charge is -2.16. The first kappa shape index (κ1) is 19.1. The predicted octanol–water partition coefficient (Wildman–Crippen LogP) is 4.45. The summed E-state index contributed by atoms with van der Waals surface area (Å²) < 4.78 is 11.0. The van der Waals surface area contributed by atoms with Gasteiger partial charge in [-0.25, -0.2) is 4.79 Å². The molecule has 3 rings (SSSR count). The second kappa shape index (κ2) is 9.32. The van der Waals surface area contributed by atoms with Crippen LogP contribution in [0.25, 0.3) is 0 Å². The summed E-state index contributed by atoms with van der Waals surface area (Å²) in [6, 6.07) is 19.5. The largest absolute Gasteiger partial charge is 0.457 e. The molecule has 0 aliphatic heterocycles. The Morgan fingerprint density at radius 2 is 1.57 bits per heavy atom. The Labute approximate surface area is 163 Å². The second-order valence-electron chi connectivity index (χ2n) is 5.97. The molecule has 0 aliphatic carbocycles. The minimum absolute atomic E-state index is 0.351. The molecule has 0 radical (unpaired) electrons. The fourth-order valence-electron chi connectivity index (χ4n) is 2.46. The third-order valence-electron chi connectivity index (χ3n) is 3.93. The van der Waals surface area contributed by atoms with E-state index >= 15 is 0 Å². The molecule has 0 saturated carbocycles. The number of carbonyl (C=O) groups is 2. The van der Waals surface area contributed by atoms with Crippen LogP contribution in [0.1, 0.15) is 23.7 Å². The Bertz CT molecular complexity index is 912. The van der Waals surface area contributed by atoms with Gasteiger partial charge >= 0.3 is 5.97 Å². The van der Waals surface area contributed by atoms with Crippen LogP contribution in [0.5, 0.6) is 11.5 Å². The van der Waals surface area contributed by atoms with Crippen molar-refractivity contribution < 1.29 is 19.1 Å². The van der Waals surface area contributed by atoms with Crippen molar-refractivity contribution in [2.75, 3.05) is 5.32 Å². The standard InChI is InChI=1S/C22H20N2O4/c1-2-20(28-22(26)16-12-14-23-15-13-16)21(25)24-17-8-10-19(11-9-17)27-18-6-4-3-5-7-18/h3-15,20H,2H2,1H3,(H,24,25). The number of rotatable bonds is 7. The highest BCUT2D eigenvalue weighted by molar-refractivity contribution is 5.97. The molecule has 142 valence electrons. The van der Waals surface area contributed by atoms with Gasteiger partial charge in [-0.1, -0.05) is 25.1 Å². The minimum atomic E-state index is -0.888. The van der Waals surface area contributed by atoms with Crippen LogP contribution in [-0.2, 0) is 9.53 Å². The molecular formula is C22H20N2O4. The van der Waals surface area contributed by atoms with Crippen LogP contribution in [0.15, 0.2) is 79.1 Å². The summed E-state index contributed by atoms with van der Waals surface area (Å²) in [6.07, 6.45) is 2.46. The molecule has 0 fully saturated rings. The highest BCUT2D eigenvalue weighted by Crippen LogP contribution is 2.22. The summed E-state index contributed by atoms with van der Waals surface area (Å²) in [5.41, 5.74) is 0.937. The Balaban J connectivity index is 1.58. The lowest BCUT2D eigenvalue weighted by atomic mass is 10.2. The highest BCUT2D eigenvalue weighted by Gasteiger charge is 2.22. The fourth-order valence-corrected chi connectivity index (χ4v) is 2.46. The maximum atomic E-state index is 12.5. The number of nitrogens with zero attached hydrogens (tertiary/aromatic N) is 1. The lowest BCUT2D eigenvalue weighted by Crippen LogP contribution is -2.32. The Hall–Kier alpha value is -3.67. The third-order valence-corrected chi connectivity index (χ3v) is 3.93. The number of nitrogens with one attached hydrogen (secondary N) is 1. The molecule has 1 amide bonds. The van der Waals surface area contributed by atoms with E-state index in [4.69, 9.17) is 9.47 Å². The van der Waals surface area contributed by atoms with Gasteiger partial charge in [-0.05, 0) is 55.0 Å². The van der Waals surface area contributed by atoms with Gasteiger partial charge in [0, 0.05) is 18.1 Å². The molecule has 28 heavy (non-hydrogen) atoms. The van der Waals surface area contributed by atoms with Crippen molar-refractivity contribution in [3.8, 4) is 11.5 Å². The maximum Gasteiger partial charge on any atom is 0.339 e. The third kappa shape index (κ3) is 5.17. The summed E-state index contributed by atoms with van der Waals surface area (Å²) in [5, 5.41) is 2.76. The summed E-state index contributed by atoms with van der Waals surface area (Å²) in [7, 11) is 0. The molecule has 1 heterocycles. The van der Waals surface area contributed by atoms with Gasteiger partial charge in [0.05, 0.1) is 5.56 Å². The zero-order valence-electron chi connectivity index (χ0n) is 15.4. The van der Waals surface area contributed by atoms with Crippen LogP contribution in [0.2, 0.25) is 0 Å². The van der Waals surface area contributed by atoms with E-state index in [-0.39, 0.29) is 5.91 Å². The summed E-state index contributed by atoms with van der Waals surface area (Å²) in [4.78, 5) is 28.5. The molecule has 6 nitrogen and oxygen atoms in total. The van der Waals surface area contributed by atoms with Gasteiger partial charge in [0.25, 0.3) is 5.91 Å². The number of amides is 1. The number of esters is 1. The van der Waals surface area contributed by atoms with E-state index in [0.717, 1.165) is 5.75 Å². The molecule has 6 heteroatoms. The molecule has 0 aliphatic rings. The average molecular weight is 376 g/mol. The molecule has 0 bridgehead atoms. The van der Waals surface area contributed by atoms with Crippen molar-refractivity contribution in [2.45, 2.75) is 19.4 Å². The normalized spacial score (nSPS) is 11.3. The number of carbonyl (C=O) groups excluding carboxylic acids is 2. The van der Waals surface area contributed by atoms with Crippen LogP contribution >= 0.6 is 0 Å². The van der Waals surface area contributed by atoms with Gasteiger partial charge in [-0.2, -0.15) is 0 Å². The van der Waals surface area contributed by atoms with Gasteiger partial charge < -0.3 is 14.8 Å². The van der Waals surface area contributed by atoms with E-state index in [1.807, 2.05) is 30.3 Å². The van der Waals surface area contributed by atoms with Crippen molar-refractivity contribution >= 4 is 17.6 Å². The van der Waals surface area contributed by atoms with Gasteiger partial charge in [0.1, 0.15) is 11.5 Å². The first-order chi connectivity index (χ1) is 13.7. The Morgan fingerprint density at radius 1 is 0.929 bits per heavy atom. The molecule has 0 spiro atoms. The molecular weight excluding hydrogens is 356 g/mol. The van der Waals surface area contributed by atoms with Crippen LogP contribution in [0.4, 0.5) is 5.69 Å². The summed E-state index contributed by atoms with van der Waals surface area (Å²) in [6.45, 7) is 1.78. The molecule has 2 aromatic carbocycles. The summed E-state index contributed by atoms with van der Waals surface area (Å²) in [5.74, 6) is 0.436. The number of hydrogen-bond donors (Lipinski definition) is 1. The first-order valence-corrected chi connectivity index (χ1v) is 8.90. The average Bonchev–Trinajstić information content (AvgIpc) is 2.74. The van der Waals surface area contributed by atoms with Gasteiger partial charge in [0.15, 0.2) is 6.10 Å². The Kier molecular flexibility index (Phi) is 6.36. The van der Waals surface area contributed by atoms with Gasteiger partial charge in [0.2, 0.25) is 0 Å². The van der Waals surface area contributed by atoms with Crippen molar-refractivity contribution in [1.29, 1.82) is 0 Å². The number of hydrogen-bond acceptors (Lipinski definition) is 5. The second-order valence-corrected chi connectivity index (χ2v) is 5.97. The number of ether oxygens (including phenoxy) is 2. The predicted molar refractivity (Wildman–Crippen MR) is 105 cm³/mol. The first-order valence-electron chi connectivity index (χ1n) is 8.90. The zero-order chi connectivity index (χ0) is 19.8. The fraction of sp³-hybridized carbons (Fsp3) is 0.136. The van der Waals surface area contributed by atoms with E-state index in [0.29, 0.717) is 23.4 Å². The SMILES string of the molecule is CCC(OC(=O)c1ccncc1)C(=O)Nc1ccc(Oc2ccccc2)cc1. The van der Waals surface area contributed by atoms with E-state index < -0.39 is 12.1 Å². The molecule has 1 N–H and O–H groups in total. The van der Waals surface area contributed by atoms with Gasteiger partial charge in [-0.3, -0.25) is 9.78 Å². The minimum Gasteiger partial charge on any atom is -0.457 e. The Morgan fingerprint density at radius 3 is 2.21 bits per heavy atom. The molecule has 1 atom stereocenters. The molecule has 3 aromatic rings.